The predicted octanol–water partition coefficient (Wildman–Crippen LogP) is 7.84. The van der Waals surface area contributed by atoms with E-state index in [4.69, 9.17) is 21.7 Å². The number of rotatable bonds is 6. The van der Waals surface area contributed by atoms with Crippen molar-refractivity contribution in [2.75, 3.05) is 5.75 Å². The zero-order valence-electron chi connectivity index (χ0n) is 18.3. The summed E-state index contributed by atoms with van der Waals surface area (Å²) in [6.45, 7) is 0. The summed E-state index contributed by atoms with van der Waals surface area (Å²) >= 11 is 7.81. The van der Waals surface area contributed by atoms with Gasteiger partial charge in [0.15, 0.2) is 0 Å². The molecule has 5 rings (SSSR count). The minimum atomic E-state index is -0.770. The monoisotopic (exact) mass is 483 g/mol. The molecule has 0 fully saturated rings. The molecule has 3 aromatic carbocycles. The first-order valence-corrected chi connectivity index (χ1v) is 12.5. The molecule has 1 unspecified atom stereocenters. The Hall–Kier alpha value is -3.34. The summed E-state index contributed by atoms with van der Waals surface area (Å²) in [4.78, 5) is 15.8. The molecule has 1 N–H and O–H groups in total. The van der Waals surface area contributed by atoms with E-state index in [0.717, 1.165) is 27.7 Å². The van der Waals surface area contributed by atoms with Gasteiger partial charge in [-0.1, -0.05) is 78.4 Å². The first-order valence-electron chi connectivity index (χ1n) is 11.1. The summed E-state index contributed by atoms with van der Waals surface area (Å²) in [6, 6.07) is 24.5. The highest BCUT2D eigenvalue weighted by molar-refractivity contribution is 7.99. The van der Waals surface area contributed by atoms with Crippen molar-refractivity contribution in [2.24, 2.45) is 0 Å². The molecule has 1 aliphatic rings. The Morgan fingerprint density at radius 1 is 0.941 bits per heavy atom. The average molecular weight is 484 g/mol. The highest BCUT2D eigenvalue weighted by Crippen LogP contribution is 2.42. The second-order valence-corrected chi connectivity index (χ2v) is 9.80. The van der Waals surface area contributed by atoms with Gasteiger partial charge in [0.05, 0.1) is 22.9 Å². The van der Waals surface area contributed by atoms with Crippen molar-refractivity contribution in [1.82, 2.24) is 4.98 Å². The molecule has 0 saturated heterocycles. The van der Waals surface area contributed by atoms with Crippen LogP contribution in [-0.2, 0) is 4.79 Å². The second-order valence-electron chi connectivity index (χ2n) is 8.15. The van der Waals surface area contributed by atoms with Crippen molar-refractivity contribution in [1.29, 1.82) is 0 Å². The smallest absolute Gasteiger partial charge is 0.304 e. The van der Waals surface area contributed by atoms with Crippen LogP contribution in [0.4, 0.5) is 0 Å². The first kappa shape index (κ1) is 22.5. The van der Waals surface area contributed by atoms with E-state index in [1.165, 1.54) is 16.7 Å². The maximum Gasteiger partial charge on any atom is 0.304 e. The van der Waals surface area contributed by atoms with Crippen LogP contribution in [0, 0.1) is 0 Å². The average Bonchev–Trinajstić information content (AvgIpc) is 2.99. The van der Waals surface area contributed by atoms with Gasteiger partial charge in [0, 0.05) is 16.2 Å². The number of carboxylic acids is 1. The van der Waals surface area contributed by atoms with E-state index in [-0.39, 0.29) is 11.7 Å². The van der Waals surface area contributed by atoms with Crippen molar-refractivity contribution >= 4 is 64.5 Å². The molecule has 0 radical (unpaired) electrons. The van der Waals surface area contributed by atoms with Gasteiger partial charge in [-0.05, 0) is 58.2 Å². The Morgan fingerprint density at radius 2 is 1.74 bits per heavy atom. The van der Waals surface area contributed by atoms with Crippen molar-refractivity contribution in [3.05, 3.63) is 111 Å². The third-order valence-corrected chi connectivity index (χ3v) is 7.35. The number of carbonyl (C=O) groups is 1. The molecule has 1 heterocycles. The van der Waals surface area contributed by atoms with Crippen LogP contribution in [0.5, 0.6) is 0 Å². The van der Waals surface area contributed by atoms with Crippen LogP contribution in [0.25, 0.3) is 35.2 Å². The van der Waals surface area contributed by atoms with Gasteiger partial charge in [0.1, 0.15) is 0 Å². The molecule has 1 aromatic heterocycles. The molecule has 0 spiro atoms. The molecule has 1 aliphatic carbocycles. The molecule has 5 heteroatoms. The van der Waals surface area contributed by atoms with Crippen LogP contribution in [0.3, 0.4) is 0 Å². The third kappa shape index (κ3) is 4.93. The van der Waals surface area contributed by atoms with Crippen LogP contribution in [-0.4, -0.2) is 21.8 Å². The number of nitrogens with zero attached hydrogens (tertiary/aromatic N) is 1. The Bertz CT molecular complexity index is 1440. The maximum atomic E-state index is 11.1. The van der Waals surface area contributed by atoms with Crippen LogP contribution in [0.2, 0.25) is 5.02 Å². The quantitative estimate of drug-likeness (QED) is 0.303. The lowest BCUT2D eigenvalue weighted by Crippen LogP contribution is -2.04. The van der Waals surface area contributed by atoms with E-state index in [9.17, 15) is 4.79 Å². The summed E-state index contributed by atoms with van der Waals surface area (Å²) in [6.07, 6.45) is 8.51. The molecule has 34 heavy (non-hydrogen) atoms. The topological polar surface area (TPSA) is 50.2 Å². The Kier molecular flexibility index (Phi) is 6.52. The number of aromatic nitrogens is 1. The van der Waals surface area contributed by atoms with Gasteiger partial charge in [-0.2, -0.15) is 0 Å². The number of halogens is 1. The molecule has 0 saturated carbocycles. The lowest BCUT2D eigenvalue weighted by Gasteiger charge is -2.20. The molecule has 168 valence electrons. The van der Waals surface area contributed by atoms with Gasteiger partial charge >= 0.3 is 5.97 Å². The van der Waals surface area contributed by atoms with E-state index < -0.39 is 5.97 Å². The largest absolute Gasteiger partial charge is 0.481 e. The second kappa shape index (κ2) is 9.88. The van der Waals surface area contributed by atoms with E-state index in [1.54, 1.807) is 11.8 Å². The standard InChI is InChI=1S/C29H22ClNO2S/c30-23-12-10-22-11-14-24(31-27(22)18-23)13-6-19-5-7-21-9-8-20-3-1-2-4-25(20)29(26(21)17-19)34-16-15-28(32)33/h1-14,17-18,29H,15-16H2,(H,32,33). The number of aliphatic carboxylic acids is 1. The number of pyridine rings is 1. The van der Waals surface area contributed by atoms with E-state index in [1.807, 2.05) is 48.5 Å². The van der Waals surface area contributed by atoms with Crippen LogP contribution < -0.4 is 0 Å². The SMILES string of the molecule is O=C(O)CCSC1c2ccccc2C=Cc2ccc(C=Cc3ccc4ccc(Cl)cc4n3)cc21. The normalized spacial score (nSPS) is 14.7. The fourth-order valence-electron chi connectivity index (χ4n) is 4.15. The number of carboxylic acid groups (broad SMARTS) is 1. The molecule has 0 bridgehead atoms. The van der Waals surface area contributed by atoms with Gasteiger partial charge in [-0.25, -0.2) is 4.98 Å². The van der Waals surface area contributed by atoms with Crippen molar-refractivity contribution in [3.63, 3.8) is 0 Å². The predicted molar refractivity (Wildman–Crippen MR) is 144 cm³/mol. The van der Waals surface area contributed by atoms with Crippen LogP contribution in [0.1, 0.15) is 45.2 Å². The fraction of sp³-hybridized carbons (Fsp3) is 0.103. The molecular weight excluding hydrogens is 462 g/mol. The van der Waals surface area contributed by atoms with Crippen molar-refractivity contribution in [3.8, 4) is 0 Å². The van der Waals surface area contributed by atoms with Crippen LogP contribution >= 0.6 is 23.4 Å². The summed E-state index contributed by atoms with van der Waals surface area (Å²) in [7, 11) is 0. The van der Waals surface area contributed by atoms with Gasteiger partial charge in [0.2, 0.25) is 0 Å². The molecule has 0 amide bonds. The highest BCUT2D eigenvalue weighted by atomic mass is 35.5. The van der Waals surface area contributed by atoms with Gasteiger partial charge < -0.3 is 5.11 Å². The Balaban J connectivity index is 1.48. The van der Waals surface area contributed by atoms with Gasteiger partial charge in [0.25, 0.3) is 0 Å². The fourth-order valence-corrected chi connectivity index (χ4v) is 5.62. The summed E-state index contributed by atoms with van der Waals surface area (Å²) in [5.41, 5.74) is 7.53. The number of fused-ring (bicyclic) bond motifs is 3. The van der Waals surface area contributed by atoms with Crippen molar-refractivity contribution in [2.45, 2.75) is 11.7 Å². The van der Waals surface area contributed by atoms with Gasteiger partial charge in [-0.15, -0.1) is 11.8 Å². The number of thioether (sulfide) groups is 1. The summed E-state index contributed by atoms with van der Waals surface area (Å²) in [5.74, 6) is -0.217. The number of hydrogen-bond acceptors (Lipinski definition) is 3. The summed E-state index contributed by atoms with van der Waals surface area (Å²) < 4.78 is 0. The first-order chi connectivity index (χ1) is 16.6. The number of hydrogen-bond donors (Lipinski definition) is 1. The Morgan fingerprint density at radius 3 is 2.59 bits per heavy atom. The van der Waals surface area contributed by atoms with E-state index >= 15 is 0 Å². The van der Waals surface area contributed by atoms with E-state index in [0.29, 0.717) is 10.8 Å². The molecule has 0 aliphatic heterocycles. The van der Waals surface area contributed by atoms with Gasteiger partial charge in [-0.3, -0.25) is 4.79 Å². The molecule has 3 nitrogen and oxygen atoms in total. The maximum absolute atomic E-state index is 11.1. The molecule has 4 aromatic rings. The van der Waals surface area contributed by atoms with Crippen LogP contribution in [0.15, 0.2) is 72.8 Å². The third-order valence-electron chi connectivity index (χ3n) is 5.84. The molecular formula is C29H22ClNO2S. The Labute approximate surface area is 207 Å². The highest BCUT2D eigenvalue weighted by Gasteiger charge is 2.22. The molecule has 1 atom stereocenters. The number of benzene rings is 3. The van der Waals surface area contributed by atoms with E-state index in [2.05, 4.69) is 48.6 Å². The zero-order chi connectivity index (χ0) is 23.5. The minimum Gasteiger partial charge on any atom is -0.481 e. The summed E-state index contributed by atoms with van der Waals surface area (Å²) in [5, 5.41) is 10.9. The lowest BCUT2D eigenvalue weighted by molar-refractivity contribution is -0.136. The minimum absolute atomic E-state index is 0.0647. The van der Waals surface area contributed by atoms with Crippen molar-refractivity contribution < 1.29 is 9.90 Å². The zero-order valence-corrected chi connectivity index (χ0v) is 19.9. The lowest BCUT2D eigenvalue weighted by atomic mass is 9.97.